The lowest BCUT2D eigenvalue weighted by atomic mass is 10.1. The van der Waals surface area contributed by atoms with Gasteiger partial charge in [-0.05, 0) is 19.1 Å². The topological polar surface area (TPSA) is 49.4 Å². The van der Waals surface area contributed by atoms with Crippen LogP contribution in [-0.2, 0) is 9.59 Å². The van der Waals surface area contributed by atoms with E-state index >= 15 is 0 Å². The summed E-state index contributed by atoms with van der Waals surface area (Å²) in [6, 6.07) is 3.16. The van der Waals surface area contributed by atoms with Gasteiger partial charge in [-0.2, -0.15) is 0 Å². The molecule has 2 aliphatic heterocycles. The zero-order chi connectivity index (χ0) is 15.3. The van der Waals surface area contributed by atoms with E-state index in [2.05, 4.69) is 5.32 Å². The standard InChI is InChI=1S/C13H8Cl2N2O2S2/c1-2-17-12(19)10(21-13(17)20)8-6-3-5(14)4-7(15)9(6)16-11(8)18/h3-4H,2H2,1H3,(H,16,18)/b10-8-. The number of fused-ring (bicyclic) bond motifs is 1. The first kappa shape index (κ1) is 14.8. The molecule has 0 aromatic heterocycles. The predicted octanol–water partition coefficient (Wildman–Crippen LogP) is 3.54. The normalized spacial score (nSPS) is 21.1. The lowest BCUT2D eigenvalue weighted by Gasteiger charge is -2.10. The molecule has 2 amide bonds. The number of hydrogen-bond donors (Lipinski definition) is 1. The number of rotatable bonds is 1. The molecule has 0 bridgehead atoms. The molecule has 1 N–H and O–H groups in total. The van der Waals surface area contributed by atoms with Crippen molar-refractivity contribution in [2.75, 3.05) is 11.9 Å². The van der Waals surface area contributed by atoms with Gasteiger partial charge in [0.15, 0.2) is 0 Å². The van der Waals surface area contributed by atoms with Crippen molar-refractivity contribution in [3.8, 4) is 0 Å². The van der Waals surface area contributed by atoms with E-state index in [0.717, 1.165) is 11.8 Å². The summed E-state index contributed by atoms with van der Waals surface area (Å²) >= 11 is 18.4. The first-order valence-electron chi connectivity index (χ1n) is 6.02. The molecule has 108 valence electrons. The molecule has 4 nitrogen and oxygen atoms in total. The number of halogens is 2. The Hall–Kier alpha value is -1.08. The number of carbonyl (C=O) groups excluding carboxylic acids is 2. The number of likely N-dealkylation sites (N-methyl/N-ethyl adjacent to an activating group) is 1. The minimum Gasteiger partial charge on any atom is -0.320 e. The number of amides is 2. The highest BCUT2D eigenvalue weighted by Gasteiger charge is 2.39. The van der Waals surface area contributed by atoms with Crippen molar-refractivity contribution in [1.29, 1.82) is 0 Å². The van der Waals surface area contributed by atoms with E-state index in [9.17, 15) is 9.59 Å². The lowest BCUT2D eigenvalue weighted by Crippen LogP contribution is -2.27. The van der Waals surface area contributed by atoms with Crippen molar-refractivity contribution in [3.63, 3.8) is 0 Å². The zero-order valence-electron chi connectivity index (χ0n) is 10.7. The van der Waals surface area contributed by atoms with E-state index in [4.69, 9.17) is 35.4 Å². The summed E-state index contributed by atoms with van der Waals surface area (Å²) in [5.74, 6) is -0.632. The Morgan fingerprint density at radius 3 is 2.67 bits per heavy atom. The molecule has 2 heterocycles. The molecule has 0 atom stereocenters. The molecule has 0 saturated carbocycles. The van der Waals surface area contributed by atoms with E-state index in [-0.39, 0.29) is 17.4 Å². The Bertz CT molecular complexity index is 746. The van der Waals surface area contributed by atoms with Gasteiger partial charge in [0.2, 0.25) is 0 Å². The maximum Gasteiger partial charge on any atom is 0.266 e. The highest BCUT2D eigenvalue weighted by molar-refractivity contribution is 8.26. The third kappa shape index (κ3) is 2.26. The SMILES string of the molecule is CCN1C(=O)/C(=C2/C(=O)Nc3c(Cl)cc(Cl)cc32)SC1=S. The van der Waals surface area contributed by atoms with Crippen LogP contribution in [0.3, 0.4) is 0 Å². The molecule has 1 fully saturated rings. The van der Waals surface area contributed by atoms with Gasteiger partial charge in [-0.25, -0.2) is 0 Å². The monoisotopic (exact) mass is 358 g/mol. The van der Waals surface area contributed by atoms with Crippen LogP contribution in [0.15, 0.2) is 17.0 Å². The van der Waals surface area contributed by atoms with Crippen LogP contribution in [0.1, 0.15) is 12.5 Å². The maximum atomic E-state index is 12.4. The molecule has 2 aliphatic rings. The third-order valence-corrected chi connectivity index (χ3v) is 5.15. The fourth-order valence-corrected chi connectivity index (χ4v) is 4.25. The van der Waals surface area contributed by atoms with Gasteiger partial charge in [-0.3, -0.25) is 14.5 Å². The molecule has 0 radical (unpaired) electrons. The Kier molecular flexibility index (Phi) is 3.73. The van der Waals surface area contributed by atoms with Crippen LogP contribution in [0.5, 0.6) is 0 Å². The van der Waals surface area contributed by atoms with E-state index in [0.29, 0.717) is 37.1 Å². The van der Waals surface area contributed by atoms with Crippen molar-refractivity contribution in [2.45, 2.75) is 6.92 Å². The smallest absolute Gasteiger partial charge is 0.266 e. The quantitative estimate of drug-likeness (QED) is 0.616. The summed E-state index contributed by atoms with van der Waals surface area (Å²) < 4.78 is 0.444. The van der Waals surface area contributed by atoms with Crippen LogP contribution < -0.4 is 5.32 Å². The molecule has 21 heavy (non-hydrogen) atoms. The van der Waals surface area contributed by atoms with Crippen molar-refractivity contribution in [1.82, 2.24) is 4.90 Å². The summed E-state index contributed by atoms with van der Waals surface area (Å²) in [5.41, 5.74) is 1.29. The number of anilines is 1. The van der Waals surface area contributed by atoms with Crippen molar-refractivity contribution in [3.05, 3.63) is 32.6 Å². The highest BCUT2D eigenvalue weighted by Crippen LogP contribution is 2.45. The number of carbonyl (C=O) groups is 2. The van der Waals surface area contributed by atoms with E-state index in [1.54, 1.807) is 12.1 Å². The largest absolute Gasteiger partial charge is 0.320 e. The van der Waals surface area contributed by atoms with E-state index < -0.39 is 0 Å². The molecule has 3 rings (SSSR count). The molecular weight excluding hydrogens is 351 g/mol. The predicted molar refractivity (Wildman–Crippen MR) is 89.6 cm³/mol. The zero-order valence-corrected chi connectivity index (χ0v) is 13.8. The lowest BCUT2D eigenvalue weighted by molar-refractivity contribution is -0.122. The fourth-order valence-electron chi connectivity index (χ4n) is 2.24. The number of nitrogens with zero attached hydrogens (tertiary/aromatic N) is 1. The molecule has 0 unspecified atom stereocenters. The van der Waals surface area contributed by atoms with Gasteiger partial charge in [-0.1, -0.05) is 47.2 Å². The minimum atomic E-state index is -0.370. The Morgan fingerprint density at radius 2 is 2.05 bits per heavy atom. The van der Waals surface area contributed by atoms with Crippen LogP contribution in [-0.4, -0.2) is 27.6 Å². The van der Waals surface area contributed by atoms with E-state index in [1.165, 1.54) is 4.90 Å². The molecule has 1 saturated heterocycles. The van der Waals surface area contributed by atoms with Gasteiger partial charge in [0.05, 0.1) is 21.2 Å². The van der Waals surface area contributed by atoms with Gasteiger partial charge in [0.1, 0.15) is 4.32 Å². The second kappa shape index (κ2) is 5.28. The number of hydrogen-bond acceptors (Lipinski definition) is 4. The van der Waals surface area contributed by atoms with Gasteiger partial charge in [-0.15, -0.1) is 0 Å². The summed E-state index contributed by atoms with van der Waals surface area (Å²) in [4.78, 5) is 26.4. The molecular formula is C13H8Cl2N2O2S2. The van der Waals surface area contributed by atoms with Crippen LogP contribution in [0.2, 0.25) is 10.0 Å². The summed E-state index contributed by atoms with van der Waals surface area (Å²) in [6.07, 6.45) is 0. The van der Waals surface area contributed by atoms with Crippen molar-refractivity contribution >= 4 is 74.6 Å². The summed E-state index contributed by atoms with van der Waals surface area (Å²) in [7, 11) is 0. The fraction of sp³-hybridized carbons (Fsp3) is 0.154. The van der Waals surface area contributed by atoms with Gasteiger partial charge >= 0.3 is 0 Å². The first-order valence-corrected chi connectivity index (χ1v) is 8.00. The number of thioether (sulfide) groups is 1. The Balaban J connectivity index is 2.22. The number of benzene rings is 1. The van der Waals surface area contributed by atoms with Crippen LogP contribution >= 0.6 is 47.2 Å². The van der Waals surface area contributed by atoms with Crippen molar-refractivity contribution in [2.24, 2.45) is 0 Å². The van der Waals surface area contributed by atoms with Gasteiger partial charge in [0, 0.05) is 17.1 Å². The molecule has 8 heteroatoms. The van der Waals surface area contributed by atoms with Crippen LogP contribution in [0.4, 0.5) is 5.69 Å². The first-order chi connectivity index (χ1) is 9.93. The Labute approximate surface area is 140 Å². The van der Waals surface area contributed by atoms with Crippen molar-refractivity contribution < 1.29 is 9.59 Å². The molecule has 1 aromatic rings. The molecule has 0 aliphatic carbocycles. The maximum absolute atomic E-state index is 12.4. The Morgan fingerprint density at radius 1 is 1.33 bits per heavy atom. The third-order valence-electron chi connectivity index (χ3n) is 3.18. The average Bonchev–Trinajstić information content (AvgIpc) is 2.87. The molecule has 1 aromatic carbocycles. The highest BCUT2D eigenvalue weighted by atomic mass is 35.5. The second-order valence-corrected chi connectivity index (χ2v) is 6.87. The number of thiocarbonyl (C=S) groups is 1. The average molecular weight is 359 g/mol. The minimum absolute atomic E-state index is 0.262. The van der Waals surface area contributed by atoms with Crippen LogP contribution in [0.25, 0.3) is 5.57 Å². The molecule has 0 spiro atoms. The number of nitrogens with one attached hydrogen (secondary N) is 1. The second-order valence-electron chi connectivity index (χ2n) is 4.39. The van der Waals surface area contributed by atoms with E-state index in [1.807, 2.05) is 6.92 Å². The van der Waals surface area contributed by atoms with Gasteiger partial charge in [0.25, 0.3) is 11.8 Å². The van der Waals surface area contributed by atoms with Gasteiger partial charge < -0.3 is 5.32 Å². The summed E-state index contributed by atoms with van der Waals surface area (Å²) in [5, 5.41) is 3.41. The van der Waals surface area contributed by atoms with Crippen LogP contribution in [0, 0.1) is 0 Å². The summed E-state index contributed by atoms with van der Waals surface area (Å²) in [6.45, 7) is 2.29.